The van der Waals surface area contributed by atoms with E-state index in [1.807, 2.05) is 38.1 Å². The number of para-hydroxylation sites is 2. The van der Waals surface area contributed by atoms with E-state index in [2.05, 4.69) is 0 Å². The van der Waals surface area contributed by atoms with Crippen LogP contribution in [0.3, 0.4) is 0 Å². The molecule has 0 aromatic heterocycles. The average molecular weight is 364 g/mol. The van der Waals surface area contributed by atoms with E-state index in [9.17, 15) is 14.4 Å². The van der Waals surface area contributed by atoms with E-state index in [0.717, 1.165) is 11.4 Å². The Morgan fingerprint density at radius 2 is 1.52 bits per heavy atom. The van der Waals surface area contributed by atoms with E-state index in [0.29, 0.717) is 17.7 Å². The summed E-state index contributed by atoms with van der Waals surface area (Å²) < 4.78 is 0. The van der Waals surface area contributed by atoms with Gasteiger partial charge >= 0.3 is 0 Å². The molecule has 0 bridgehead atoms. The lowest BCUT2D eigenvalue weighted by molar-refractivity contribution is -0.122. The standard InChI is InChI=1S/C22H24N2O3/c1-14(2)18-13-24(20-8-6-5-7-19(20)23(4)22(18)27)21(26)17-11-9-16(10-12-17)15(3)25/h5-12,14,18H,13H2,1-4H3/t18-/m1/s1. The highest BCUT2D eigenvalue weighted by Gasteiger charge is 2.36. The maximum atomic E-state index is 13.3. The van der Waals surface area contributed by atoms with Crippen molar-refractivity contribution < 1.29 is 14.4 Å². The number of ketones is 1. The first kappa shape index (κ1) is 18.8. The summed E-state index contributed by atoms with van der Waals surface area (Å²) in [6.45, 7) is 5.81. The van der Waals surface area contributed by atoms with Crippen LogP contribution in [0.4, 0.5) is 11.4 Å². The van der Waals surface area contributed by atoms with Crippen LogP contribution in [0.15, 0.2) is 48.5 Å². The fraction of sp³-hybridized carbons (Fsp3) is 0.318. The highest BCUT2D eigenvalue weighted by atomic mass is 16.2. The smallest absolute Gasteiger partial charge is 0.258 e. The number of benzene rings is 2. The summed E-state index contributed by atoms with van der Waals surface area (Å²) in [6, 6.07) is 14.1. The Hall–Kier alpha value is -2.95. The second kappa shape index (κ2) is 7.35. The zero-order valence-electron chi connectivity index (χ0n) is 16.1. The number of rotatable bonds is 3. The van der Waals surface area contributed by atoms with Crippen molar-refractivity contribution in [3.8, 4) is 0 Å². The van der Waals surface area contributed by atoms with Gasteiger partial charge in [0.1, 0.15) is 0 Å². The highest BCUT2D eigenvalue weighted by molar-refractivity contribution is 6.11. The van der Waals surface area contributed by atoms with E-state index < -0.39 is 0 Å². The number of hydrogen-bond acceptors (Lipinski definition) is 3. The lowest BCUT2D eigenvalue weighted by Crippen LogP contribution is -2.41. The van der Waals surface area contributed by atoms with E-state index >= 15 is 0 Å². The average Bonchev–Trinajstić information content (AvgIpc) is 2.77. The van der Waals surface area contributed by atoms with E-state index in [1.54, 1.807) is 41.1 Å². The first-order valence-corrected chi connectivity index (χ1v) is 9.10. The number of carbonyl (C=O) groups is 3. The van der Waals surface area contributed by atoms with E-state index in [4.69, 9.17) is 0 Å². The van der Waals surface area contributed by atoms with Crippen molar-refractivity contribution in [2.75, 3.05) is 23.4 Å². The maximum absolute atomic E-state index is 13.3. The van der Waals surface area contributed by atoms with Gasteiger partial charge in [0.15, 0.2) is 5.78 Å². The van der Waals surface area contributed by atoms with Gasteiger partial charge in [-0.05, 0) is 37.1 Å². The molecule has 27 heavy (non-hydrogen) atoms. The van der Waals surface area contributed by atoms with Crippen molar-refractivity contribution in [2.45, 2.75) is 20.8 Å². The SMILES string of the molecule is CC(=O)c1ccc(C(=O)N2C[C@H](C(C)C)C(=O)N(C)c3ccccc32)cc1. The first-order valence-electron chi connectivity index (χ1n) is 9.10. The number of amides is 2. The van der Waals surface area contributed by atoms with Crippen LogP contribution in [0.5, 0.6) is 0 Å². The third-order valence-corrected chi connectivity index (χ3v) is 5.15. The summed E-state index contributed by atoms with van der Waals surface area (Å²) in [5.41, 5.74) is 2.50. The van der Waals surface area contributed by atoms with Gasteiger partial charge in [-0.3, -0.25) is 14.4 Å². The monoisotopic (exact) mass is 364 g/mol. The topological polar surface area (TPSA) is 57.7 Å². The number of carbonyl (C=O) groups excluding carboxylic acids is 3. The van der Waals surface area contributed by atoms with Gasteiger partial charge in [-0.2, -0.15) is 0 Å². The van der Waals surface area contributed by atoms with Crippen molar-refractivity contribution in [1.29, 1.82) is 0 Å². The Kier molecular flexibility index (Phi) is 5.13. The van der Waals surface area contributed by atoms with Crippen LogP contribution in [-0.4, -0.2) is 31.2 Å². The molecule has 0 saturated carbocycles. The van der Waals surface area contributed by atoms with Crippen LogP contribution in [0.2, 0.25) is 0 Å². The molecule has 1 aliphatic rings. The normalized spacial score (nSPS) is 16.9. The largest absolute Gasteiger partial charge is 0.313 e. The summed E-state index contributed by atoms with van der Waals surface area (Å²) >= 11 is 0. The molecule has 0 saturated heterocycles. The van der Waals surface area contributed by atoms with Crippen LogP contribution < -0.4 is 9.80 Å². The predicted molar refractivity (Wildman–Crippen MR) is 106 cm³/mol. The molecule has 2 aromatic carbocycles. The summed E-state index contributed by atoms with van der Waals surface area (Å²) in [6.07, 6.45) is 0. The molecule has 0 fully saturated rings. The Balaban J connectivity index is 2.05. The van der Waals surface area contributed by atoms with Crippen molar-refractivity contribution >= 4 is 29.0 Å². The molecular formula is C22H24N2O3. The summed E-state index contributed by atoms with van der Waals surface area (Å²) in [4.78, 5) is 41.0. The molecule has 1 aliphatic heterocycles. The van der Waals surface area contributed by atoms with E-state index in [-0.39, 0.29) is 29.4 Å². The second-order valence-corrected chi connectivity index (χ2v) is 7.29. The lowest BCUT2D eigenvalue weighted by Gasteiger charge is -2.26. The molecule has 1 atom stereocenters. The zero-order chi connectivity index (χ0) is 19.7. The maximum Gasteiger partial charge on any atom is 0.258 e. The van der Waals surface area contributed by atoms with Gasteiger partial charge in [-0.15, -0.1) is 0 Å². The van der Waals surface area contributed by atoms with Gasteiger partial charge in [0.25, 0.3) is 5.91 Å². The Labute approximate surface area is 159 Å². The Morgan fingerprint density at radius 1 is 0.963 bits per heavy atom. The molecule has 3 rings (SSSR count). The molecule has 5 nitrogen and oxygen atoms in total. The molecule has 0 spiro atoms. The molecule has 0 N–H and O–H groups in total. The van der Waals surface area contributed by atoms with Gasteiger partial charge in [0.05, 0.1) is 17.3 Å². The fourth-order valence-electron chi connectivity index (χ4n) is 3.41. The van der Waals surface area contributed by atoms with Crippen LogP contribution in [0, 0.1) is 11.8 Å². The second-order valence-electron chi connectivity index (χ2n) is 7.29. The number of fused-ring (bicyclic) bond motifs is 1. The van der Waals surface area contributed by atoms with E-state index in [1.165, 1.54) is 6.92 Å². The third-order valence-electron chi connectivity index (χ3n) is 5.15. The van der Waals surface area contributed by atoms with Gasteiger partial charge in [-0.1, -0.05) is 38.1 Å². The minimum Gasteiger partial charge on any atom is -0.313 e. The van der Waals surface area contributed by atoms with Crippen LogP contribution in [0.1, 0.15) is 41.5 Å². The molecule has 2 aromatic rings. The summed E-state index contributed by atoms with van der Waals surface area (Å²) in [7, 11) is 1.76. The third kappa shape index (κ3) is 3.50. The molecule has 140 valence electrons. The van der Waals surface area contributed by atoms with Crippen molar-refractivity contribution in [2.24, 2.45) is 11.8 Å². The van der Waals surface area contributed by atoms with Crippen molar-refractivity contribution in [1.82, 2.24) is 0 Å². The summed E-state index contributed by atoms with van der Waals surface area (Å²) in [5, 5.41) is 0. The Bertz CT molecular complexity index is 887. The number of Topliss-reactive ketones (excluding diaryl/α,β-unsaturated/α-hetero) is 1. The van der Waals surface area contributed by atoms with Crippen molar-refractivity contribution in [3.63, 3.8) is 0 Å². The molecular weight excluding hydrogens is 340 g/mol. The molecule has 2 amide bonds. The lowest BCUT2D eigenvalue weighted by atomic mass is 9.94. The minimum absolute atomic E-state index is 0.0136. The first-order chi connectivity index (χ1) is 12.8. The molecule has 0 unspecified atom stereocenters. The van der Waals surface area contributed by atoms with Gasteiger partial charge in [0.2, 0.25) is 5.91 Å². The molecule has 1 heterocycles. The summed E-state index contributed by atoms with van der Waals surface area (Å²) in [5.74, 6) is -0.389. The van der Waals surface area contributed by atoms with Crippen LogP contribution in [-0.2, 0) is 4.79 Å². The van der Waals surface area contributed by atoms with Crippen molar-refractivity contribution in [3.05, 3.63) is 59.7 Å². The quantitative estimate of drug-likeness (QED) is 0.779. The highest BCUT2D eigenvalue weighted by Crippen LogP contribution is 2.35. The zero-order valence-corrected chi connectivity index (χ0v) is 16.1. The minimum atomic E-state index is -0.289. The fourth-order valence-corrected chi connectivity index (χ4v) is 3.41. The van der Waals surface area contributed by atoms with Gasteiger partial charge < -0.3 is 9.80 Å². The molecule has 0 radical (unpaired) electrons. The number of nitrogens with zero attached hydrogens (tertiary/aromatic N) is 2. The Morgan fingerprint density at radius 3 is 2.07 bits per heavy atom. The predicted octanol–water partition coefficient (Wildman–Crippen LogP) is 3.78. The molecule has 0 aliphatic carbocycles. The molecule has 5 heteroatoms. The van der Waals surface area contributed by atoms with Gasteiger partial charge in [0, 0.05) is 24.7 Å². The van der Waals surface area contributed by atoms with Gasteiger partial charge in [-0.25, -0.2) is 0 Å². The number of anilines is 2. The number of hydrogen-bond donors (Lipinski definition) is 0. The van der Waals surface area contributed by atoms with Crippen LogP contribution >= 0.6 is 0 Å². The van der Waals surface area contributed by atoms with Crippen LogP contribution in [0.25, 0.3) is 0 Å².